The second kappa shape index (κ2) is 4.69. The van der Waals surface area contributed by atoms with Crippen LogP contribution >= 0.6 is 0 Å². The van der Waals surface area contributed by atoms with Crippen molar-refractivity contribution in [2.24, 2.45) is 0 Å². The normalized spacial score (nSPS) is 16.2. The van der Waals surface area contributed by atoms with Gasteiger partial charge >= 0.3 is 0 Å². The van der Waals surface area contributed by atoms with Gasteiger partial charge in [-0.25, -0.2) is 0 Å². The minimum Gasteiger partial charge on any atom is -0.312 e. The molecule has 3 nitrogen and oxygen atoms in total. The van der Waals surface area contributed by atoms with E-state index in [1.54, 1.807) is 0 Å². The molecular weight excluding hydrogens is 260 g/mol. The van der Waals surface area contributed by atoms with E-state index in [0.717, 1.165) is 25.8 Å². The average molecular weight is 278 g/mol. The number of amides is 1. The van der Waals surface area contributed by atoms with E-state index >= 15 is 0 Å². The number of benzene rings is 1. The summed E-state index contributed by atoms with van der Waals surface area (Å²) < 4.78 is 0. The number of hydrogen-bond acceptors (Lipinski definition) is 2. The molecule has 0 radical (unpaired) electrons. The third kappa shape index (κ3) is 1.88. The van der Waals surface area contributed by atoms with Crippen LogP contribution in [0, 0.1) is 0 Å². The number of aromatic nitrogens is 1. The smallest absolute Gasteiger partial charge is 0.227 e. The van der Waals surface area contributed by atoms with Gasteiger partial charge < -0.3 is 4.90 Å². The van der Waals surface area contributed by atoms with E-state index in [1.165, 1.54) is 33.5 Å². The molecule has 0 unspecified atom stereocenters. The summed E-state index contributed by atoms with van der Waals surface area (Å²) >= 11 is 0. The van der Waals surface area contributed by atoms with Crippen LogP contribution in [0.5, 0.6) is 0 Å². The minimum atomic E-state index is 0.282. The summed E-state index contributed by atoms with van der Waals surface area (Å²) in [7, 11) is 0. The van der Waals surface area contributed by atoms with E-state index in [2.05, 4.69) is 30.1 Å². The summed E-state index contributed by atoms with van der Waals surface area (Å²) in [6.45, 7) is 3.02. The Morgan fingerprint density at radius 1 is 1.19 bits per heavy atom. The van der Waals surface area contributed by atoms with Crippen LogP contribution in [-0.4, -0.2) is 17.4 Å². The van der Waals surface area contributed by atoms with Crippen molar-refractivity contribution in [3.8, 4) is 11.1 Å². The molecule has 21 heavy (non-hydrogen) atoms. The molecule has 0 N–H and O–H groups in total. The number of anilines is 1. The van der Waals surface area contributed by atoms with Crippen LogP contribution in [0.2, 0.25) is 0 Å². The summed E-state index contributed by atoms with van der Waals surface area (Å²) in [6, 6.07) is 6.62. The number of pyridine rings is 1. The molecule has 2 aliphatic heterocycles. The first kappa shape index (κ1) is 12.6. The maximum Gasteiger partial charge on any atom is 0.227 e. The largest absolute Gasteiger partial charge is 0.312 e. The molecule has 0 atom stereocenters. The molecule has 1 aromatic carbocycles. The highest BCUT2D eigenvalue weighted by atomic mass is 16.2. The predicted octanol–water partition coefficient (Wildman–Crippen LogP) is 3.15. The van der Waals surface area contributed by atoms with E-state index < -0.39 is 0 Å². The predicted molar refractivity (Wildman–Crippen MR) is 83.4 cm³/mol. The van der Waals surface area contributed by atoms with Crippen molar-refractivity contribution in [1.82, 2.24) is 4.98 Å². The highest BCUT2D eigenvalue weighted by Crippen LogP contribution is 2.40. The second-order valence-electron chi connectivity index (χ2n) is 5.82. The van der Waals surface area contributed by atoms with Gasteiger partial charge in [0.25, 0.3) is 0 Å². The van der Waals surface area contributed by atoms with Gasteiger partial charge in [-0.3, -0.25) is 9.78 Å². The van der Waals surface area contributed by atoms with Crippen LogP contribution in [0.15, 0.2) is 30.6 Å². The van der Waals surface area contributed by atoms with Gasteiger partial charge in [0.15, 0.2) is 0 Å². The highest BCUT2D eigenvalue weighted by molar-refractivity contribution is 5.99. The van der Waals surface area contributed by atoms with Gasteiger partial charge in [-0.2, -0.15) is 0 Å². The van der Waals surface area contributed by atoms with Gasteiger partial charge in [0.05, 0.1) is 5.69 Å². The third-order valence-electron chi connectivity index (χ3n) is 4.65. The van der Waals surface area contributed by atoms with Crippen molar-refractivity contribution in [2.45, 2.75) is 32.6 Å². The quantitative estimate of drug-likeness (QED) is 0.845. The van der Waals surface area contributed by atoms with Crippen LogP contribution in [-0.2, 0) is 24.1 Å². The van der Waals surface area contributed by atoms with Crippen LogP contribution in [0.4, 0.5) is 5.69 Å². The lowest BCUT2D eigenvalue weighted by Gasteiger charge is -2.26. The molecule has 0 saturated carbocycles. The maximum absolute atomic E-state index is 12.0. The molecule has 0 spiro atoms. The molecule has 2 aliphatic rings. The summed E-state index contributed by atoms with van der Waals surface area (Å²) in [5, 5.41) is 0. The SMILES string of the molecule is CCc1ccncc1-c1cc2c3c(c1)CCN3C(=O)CC2. The molecule has 0 fully saturated rings. The molecule has 2 aromatic rings. The van der Waals surface area contributed by atoms with E-state index in [0.29, 0.717) is 6.42 Å². The summed E-state index contributed by atoms with van der Waals surface area (Å²) in [5.74, 6) is 0.282. The first-order valence-corrected chi connectivity index (χ1v) is 7.67. The van der Waals surface area contributed by atoms with Crippen molar-refractivity contribution < 1.29 is 4.79 Å². The van der Waals surface area contributed by atoms with Crippen LogP contribution < -0.4 is 4.90 Å². The zero-order valence-electron chi connectivity index (χ0n) is 12.2. The second-order valence-corrected chi connectivity index (χ2v) is 5.82. The van der Waals surface area contributed by atoms with Crippen molar-refractivity contribution in [2.75, 3.05) is 11.4 Å². The molecule has 0 saturated heterocycles. The van der Waals surface area contributed by atoms with Crippen LogP contribution in [0.25, 0.3) is 11.1 Å². The first-order valence-electron chi connectivity index (χ1n) is 7.67. The lowest BCUT2D eigenvalue weighted by atomic mass is 9.92. The molecule has 3 heteroatoms. The van der Waals surface area contributed by atoms with E-state index in [1.807, 2.05) is 17.3 Å². The monoisotopic (exact) mass is 278 g/mol. The maximum atomic E-state index is 12.0. The van der Waals surface area contributed by atoms with Crippen LogP contribution in [0.1, 0.15) is 30.0 Å². The van der Waals surface area contributed by atoms with E-state index in [4.69, 9.17) is 0 Å². The van der Waals surface area contributed by atoms with Gasteiger partial charge in [0.1, 0.15) is 0 Å². The Labute approximate surface area is 124 Å². The number of carbonyl (C=O) groups excluding carboxylic acids is 1. The fourth-order valence-electron chi connectivity index (χ4n) is 3.60. The number of nitrogens with zero attached hydrogens (tertiary/aromatic N) is 2. The lowest BCUT2D eigenvalue weighted by Crippen LogP contribution is -2.32. The van der Waals surface area contributed by atoms with Crippen molar-refractivity contribution in [1.29, 1.82) is 0 Å². The van der Waals surface area contributed by atoms with Crippen molar-refractivity contribution >= 4 is 11.6 Å². The van der Waals surface area contributed by atoms with Gasteiger partial charge in [0, 0.05) is 30.9 Å². The Morgan fingerprint density at radius 2 is 2.00 bits per heavy atom. The van der Waals surface area contributed by atoms with Gasteiger partial charge in [-0.15, -0.1) is 0 Å². The topological polar surface area (TPSA) is 33.2 Å². The molecule has 1 amide bonds. The third-order valence-corrected chi connectivity index (χ3v) is 4.65. The van der Waals surface area contributed by atoms with E-state index in [-0.39, 0.29) is 5.91 Å². The summed E-state index contributed by atoms with van der Waals surface area (Å²) in [5.41, 5.74) is 7.65. The average Bonchev–Trinajstić information content (AvgIpc) is 2.96. The summed E-state index contributed by atoms with van der Waals surface area (Å²) in [4.78, 5) is 18.3. The molecule has 0 bridgehead atoms. The number of aryl methyl sites for hydroxylation is 2. The lowest BCUT2D eigenvalue weighted by molar-refractivity contribution is -0.118. The number of carbonyl (C=O) groups is 1. The van der Waals surface area contributed by atoms with Crippen LogP contribution in [0.3, 0.4) is 0 Å². The van der Waals surface area contributed by atoms with Crippen molar-refractivity contribution in [3.05, 3.63) is 47.3 Å². The molecule has 3 heterocycles. The molecule has 106 valence electrons. The molecule has 4 rings (SSSR count). The zero-order valence-corrected chi connectivity index (χ0v) is 12.2. The summed E-state index contributed by atoms with van der Waals surface area (Å²) in [6.07, 6.45) is 7.32. The number of hydrogen-bond donors (Lipinski definition) is 0. The fraction of sp³-hybridized carbons (Fsp3) is 0.333. The molecular formula is C18H18N2O. The number of rotatable bonds is 2. The molecule has 1 aromatic heterocycles. The Hall–Kier alpha value is -2.16. The zero-order chi connectivity index (χ0) is 14.4. The fourth-order valence-corrected chi connectivity index (χ4v) is 3.60. The van der Waals surface area contributed by atoms with E-state index in [9.17, 15) is 4.79 Å². The molecule has 0 aliphatic carbocycles. The first-order chi connectivity index (χ1) is 10.3. The van der Waals surface area contributed by atoms with Gasteiger partial charge in [0.2, 0.25) is 5.91 Å². The Bertz CT molecular complexity index is 736. The Morgan fingerprint density at radius 3 is 2.81 bits per heavy atom. The van der Waals surface area contributed by atoms with Gasteiger partial charge in [-0.1, -0.05) is 6.92 Å². The van der Waals surface area contributed by atoms with Gasteiger partial charge in [-0.05, 0) is 59.7 Å². The van der Waals surface area contributed by atoms with Crippen molar-refractivity contribution in [3.63, 3.8) is 0 Å². The Balaban J connectivity index is 1.88. The standard InChI is InChI=1S/C18H18N2O/c1-2-12-5-7-19-11-16(12)15-9-13-3-4-17(21)20-8-6-14(10-15)18(13)20/h5,7,9-11H,2-4,6,8H2,1H3. The minimum absolute atomic E-state index is 0.282. The highest BCUT2D eigenvalue weighted by Gasteiger charge is 2.31. The Kier molecular flexibility index (Phi) is 2.81.